The van der Waals surface area contributed by atoms with Crippen molar-refractivity contribution in [3.8, 4) is 0 Å². The van der Waals surface area contributed by atoms with E-state index in [1.54, 1.807) is 0 Å². The lowest BCUT2D eigenvalue weighted by Crippen LogP contribution is -2.33. The molecule has 1 nitrogen and oxygen atoms in total. The summed E-state index contributed by atoms with van der Waals surface area (Å²) >= 11 is 3.80. The van der Waals surface area contributed by atoms with Gasteiger partial charge >= 0.3 is 0 Å². The highest BCUT2D eigenvalue weighted by atomic mass is 79.9. The summed E-state index contributed by atoms with van der Waals surface area (Å²) in [6.45, 7) is 0. The number of nitrogens with two attached hydrogens (primary N) is 1. The smallest absolute Gasteiger partial charge is 0.0410 e. The van der Waals surface area contributed by atoms with E-state index in [1.807, 2.05) is 0 Å². The maximum Gasteiger partial charge on any atom is 0.0410 e. The number of hydrogen-bond acceptors (Lipinski definition) is 1. The first kappa shape index (κ1) is 13.6. The fraction of sp³-hybridized carbons (Fsp3) is 0.647. The Bertz CT molecular complexity index is 443. The molecule has 0 heterocycles. The second kappa shape index (κ2) is 5.57. The second-order valence-corrected chi connectivity index (χ2v) is 7.29. The van der Waals surface area contributed by atoms with Crippen molar-refractivity contribution in [1.82, 2.24) is 0 Å². The molecule has 2 N–H and O–H groups in total. The minimum atomic E-state index is -0.0619. The van der Waals surface area contributed by atoms with Crippen LogP contribution >= 0.6 is 15.9 Å². The molecular weight excluding hydrogens is 298 g/mol. The lowest BCUT2D eigenvalue weighted by atomic mass is 9.82. The summed E-state index contributed by atoms with van der Waals surface area (Å²) in [5.41, 5.74) is 9.33. The molecule has 0 atom stereocenters. The average Bonchev–Trinajstić information content (AvgIpc) is 2.88. The number of rotatable bonds is 2. The van der Waals surface area contributed by atoms with Crippen LogP contribution in [0, 0.1) is 0 Å². The zero-order valence-electron chi connectivity index (χ0n) is 11.6. The Morgan fingerprint density at radius 1 is 1.00 bits per heavy atom. The quantitative estimate of drug-likeness (QED) is 0.793. The Hall–Kier alpha value is -0.340. The van der Waals surface area contributed by atoms with Crippen molar-refractivity contribution in [3.63, 3.8) is 0 Å². The van der Waals surface area contributed by atoms with Gasteiger partial charge in [-0.15, -0.1) is 0 Å². The minimum Gasteiger partial charge on any atom is -0.321 e. The highest BCUT2D eigenvalue weighted by molar-refractivity contribution is 9.10. The van der Waals surface area contributed by atoms with Crippen LogP contribution in [-0.4, -0.2) is 0 Å². The Morgan fingerprint density at radius 3 is 2.32 bits per heavy atom. The Kier molecular flexibility index (Phi) is 4.00. The van der Waals surface area contributed by atoms with E-state index in [2.05, 4.69) is 34.1 Å². The number of hydrogen-bond donors (Lipinski definition) is 1. The van der Waals surface area contributed by atoms with E-state index in [9.17, 15) is 0 Å². The van der Waals surface area contributed by atoms with Gasteiger partial charge in [0.05, 0.1) is 0 Å². The van der Waals surface area contributed by atoms with Crippen molar-refractivity contribution in [2.45, 2.75) is 69.2 Å². The topological polar surface area (TPSA) is 26.0 Å². The molecule has 3 rings (SSSR count). The summed E-state index contributed by atoms with van der Waals surface area (Å²) in [4.78, 5) is 0. The molecule has 0 aliphatic heterocycles. The standard InChI is InChI=1S/C17H24BrN/c18-16-12-14(17(19)10-4-5-11-17)8-9-15(16)13-6-2-1-3-7-13/h8-9,12-13H,1-7,10-11,19H2. The van der Waals surface area contributed by atoms with E-state index in [4.69, 9.17) is 5.73 Å². The molecule has 2 fully saturated rings. The number of benzene rings is 1. The fourth-order valence-corrected chi connectivity index (χ4v) is 4.58. The zero-order valence-corrected chi connectivity index (χ0v) is 13.2. The highest BCUT2D eigenvalue weighted by Crippen LogP contribution is 2.41. The molecule has 1 aromatic carbocycles. The molecule has 0 saturated heterocycles. The molecule has 104 valence electrons. The van der Waals surface area contributed by atoms with Gasteiger partial charge in [-0.2, -0.15) is 0 Å². The second-order valence-electron chi connectivity index (χ2n) is 6.43. The fourth-order valence-electron chi connectivity index (χ4n) is 3.88. The molecule has 2 saturated carbocycles. The highest BCUT2D eigenvalue weighted by Gasteiger charge is 2.31. The normalized spacial score (nSPS) is 23.7. The molecular formula is C17H24BrN. The van der Waals surface area contributed by atoms with Crippen molar-refractivity contribution in [2.75, 3.05) is 0 Å². The van der Waals surface area contributed by atoms with E-state index in [1.165, 1.54) is 60.5 Å². The molecule has 2 aliphatic rings. The van der Waals surface area contributed by atoms with Gasteiger partial charge in [0.1, 0.15) is 0 Å². The summed E-state index contributed by atoms with van der Waals surface area (Å²) in [6, 6.07) is 6.93. The van der Waals surface area contributed by atoms with Crippen LogP contribution in [-0.2, 0) is 5.54 Å². The Morgan fingerprint density at radius 2 is 1.68 bits per heavy atom. The zero-order chi connectivity index (χ0) is 13.3. The molecule has 0 radical (unpaired) electrons. The van der Waals surface area contributed by atoms with Gasteiger partial charge in [-0.1, -0.05) is 60.2 Å². The first-order valence-electron chi connectivity index (χ1n) is 7.78. The first-order valence-corrected chi connectivity index (χ1v) is 8.57. The average molecular weight is 322 g/mol. The van der Waals surface area contributed by atoms with Crippen molar-refractivity contribution in [3.05, 3.63) is 33.8 Å². The molecule has 2 aliphatic carbocycles. The third-order valence-electron chi connectivity index (χ3n) is 5.12. The van der Waals surface area contributed by atoms with Crippen LogP contribution in [0.1, 0.15) is 74.8 Å². The van der Waals surface area contributed by atoms with Crippen LogP contribution in [0.2, 0.25) is 0 Å². The summed E-state index contributed by atoms with van der Waals surface area (Å²) in [7, 11) is 0. The lowest BCUT2D eigenvalue weighted by molar-refractivity contribution is 0.440. The maximum absolute atomic E-state index is 6.56. The third-order valence-corrected chi connectivity index (χ3v) is 5.80. The Labute approximate surface area is 125 Å². The predicted molar refractivity (Wildman–Crippen MR) is 84.3 cm³/mol. The van der Waals surface area contributed by atoms with E-state index in [-0.39, 0.29) is 5.54 Å². The summed E-state index contributed by atoms with van der Waals surface area (Å²) in [5, 5.41) is 0. The molecule has 1 aromatic rings. The molecule has 0 amide bonds. The summed E-state index contributed by atoms with van der Waals surface area (Å²) < 4.78 is 1.29. The lowest BCUT2D eigenvalue weighted by Gasteiger charge is -2.27. The van der Waals surface area contributed by atoms with Crippen molar-refractivity contribution >= 4 is 15.9 Å². The van der Waals surface area contributed by atoms with Gasteiger partial charge < -0.3 is 5.73 Å². The molecule has 0 bridgehead atoms. The maximum atomic E-state index is 6.56. The third kappa shape index (κ3) is 2.75. The van der Waals surface area contributed by atoms with Crippen LogP contribution in [0.15, 0.2) is 22.7 Å². The van der Waals surface area contributed by atoms with Crippen LogP contribution in [0.3, 0.4) is 0 Å². The van der Waals surface area contributed by atoms with Crippen LogP contribution in [0.5, 0.6) is 0 Å². The van der Waals surface area contributed by atoms with Crippen LogP contribution in [0.4, 0.5) is 0 Å². The Balaban J connectivity index is 1.85. The molecule has 0 unspecified atom stereocenters. The monoisotopic (exact) mass is 321 g/mol. The van der Waals surface area contributed by atoms with Gasteiger partial charge in [0, 0.05) is 10.0 Å². The van der Waals surface area contributed by atoms with Gasteiger partial charge in [-0.25, -0.2) is 0 Å². The number of halogens is 1. The largest absolute Gasteiger partial charge is 0.321 e. The van der Waals surface area contributed by atoms with Gasteiger partial charge in [0.2, 0.25) is 0 Å². The summed E-state index contributed by atoms with van der Waals surface area (Å²) in [6.07, 6.45) is 11.7. The van der Waals surface area contributed by atoms with E-state index in [0.29, 0.717) is 0 Å². The van der Waals surface area contributed by atoms with Crippen molar-refractivity contribution in [2.24, 2.45) is 5.73 Å². The van der Waals surface area contributed by atoms with E-state index >= 15 is 0 Å². The van der Waals surface area contributed by atoms with Crippen molar-refractivity contribution in [1.29, 1.82) is 0 Å². The summed E-state index contributed by atoms with van der Waals surface area (Å²) in [5.74, 6) is 0.759. The van der Waals surface area contributed by atoms with Crippen LogP contribution in [0.25, 0.3) is 0 Å². The molecule has 0 spiro atoms. The van der Waals surface area contributed by atoms with Gasteiger partial charge in [0.15, 0.2) is 0 Å². The minimum absolute atomic E-state index is 0.0619. The van der Waals surface area contributed by atoms with Gasteiger partial charge in [-0.05, 0) is 48.8 Å². The molecule has 0 aromatic heterocycles. The van der Waals surface area contributed by atoms with E-state index in [0.717, 1.165) is 18.8 Å². The predicted octanol–water partition coefficient (Wildman–Crippen LogP) is 5.22. The van der Waals surface area contributed by atoms with Gasteiger partial charge in [-0.3, -0.25) is 0 Å². The SMILES string of the molecule is NC1(c2ccc(C3CCCCC3)c(Br)c2)CCCC1. The first-order chi connectivity index (χ1) is 9.19. The van der Waals surface area contributed by atoms with Crippen LogP contribution < -0.4 is 5.73 Å². The van der Waals surface area contributed by atoms with Crippen molar-refractivity contribution < 1.29 is 0 Å². The molecule has 2 heteroatoms. The van der Waals surface area contributed by atoms with Gasteiger partial charge in [0.25, 0.3) is 0 Å². The van der Waals surface area contributed by atoms with E-state index < -0.39 is 0 Å². The molecule has 19 heavy (non-hydrogen) atoms.